The summed E-state index contributed by atoms with van der Waals surface area (Å²) in [6.45, 7) is 4.20. The Bertz CT molecular complexity index is 964. The minimum Gasteiger partial charge on any atom is -0.350 e. The second kappa shape index (κ2) is 8.22. The molecular weight excluding hydrogens is 364 g/mol. The molecule has 0 saturated carbocycles. The van der Waals surface area contributed by atoms with Crippen LogP contribution in [0.1, 0.15) is 40.5 Å². The van der Waals surface area contributed by atoms with E-state index in [-0.39, 0.29) is 29.4 Å². The summed E-state index contributed by atoms with van der Waals surface area (Å²) in [5.74, 6) is -0.426. The number of imidazole rings is 1. The third-order valence-electron chi connectivity index (χ3n) is 4.00. The van der Waals surface area contributed by atoms with Crippen molar-refractivity contribution in [3.8, 4) is 0 Å². The van der Waals surface area contributed by atoms with Gasteiger partial charge in [-0.05, 0) is 50.1 Å². The number of carbonyl (C=O) groups is 2. The Morgan fingerprint density at radius 2 is 1.85 bits per heavy atom. The molecule has 0 atom stereocenters. The van der Waals surface area contributed by atoms with Gasteiger partial charge in [-0.2, -0.15) is 0 Å². The van der Waals surface area contributed by atoms with Crippen molar-refractivity contribution in [1.82, 2.24) is 20.0 Å². The summed E-state index contributed by atoms with van der Waals surface area (Å²) >= 11 is 5.88. The van der Waals surface area contributed by atoms with Crippen LogP contribution in [0.15, 0.2) is 48.7 Å². The lowest BCUT2D eigenvalue weighted by Crippen LogP contribution is -2.31. The van der Waals surface area contributed by atoms with Crippen molar-refractivity contribution < 1.29 is 9.59 Å². The van der Waals surface area contributed by atoms with Crippen molar-refractivity contribution in [1.29, 1.82) is 0 Å². The van der Waals surface area contributed by atoms with Gasteiger partial charge in [-0.1, -0.05) is 29.8 Å². The molecule has 0 fully saturated rings. The molecule has 2 N–H and O–H groups in total. The van der Waals surface area contributed by atoms with Gasteiger partial charge >= 0.3 is 0 Å². The van der Waals surface area contributed by atoms with E-state index in [0.29, 0.717) is 23.5 Å². The predicted octanol–water partition coefficient (Wildman–Crippen LogP) is 3.10. The number of benzene rings is 1. The fraction of sp³-hybridized carbons (Fsp3) is 0.250. The fourth-order valence-corrected chi connectivity index (χ4v) is 2.87. The number of nitrogens with zero attached hydrogens (tertiary/aromatic N) is 2. The third-order valence-corrected chi connectivity index (χ3v) is 4.25. The summed E-state index contributed by atoms with van der Waals surface area (Å²) in [6.07, 6.45) is 2.40. The third kappa shape index (κ3) is 4.46. The minimum absolute atomic E-state index is 0.0229. The van der Waals surface area contributed by atoms with E-state index < -0.39 is 0 Å². The SMILES string of the molecule is CC(C)NC(=O)c1nc(C(=O)NCCc2ccc(Cl)cc2)c2ccccn12. The van der Waals surface area contributed by atoms with Gasteiger partial charge in [0.15, 0.2) is 5.69 Å². The molecule has 0 bridgehead atoms. The first-order chi connectivity index (χ1) is 13.0. The van der Waals surface area contributed by atoms with Crippen LogP contribution >= 0.6 is 11.6 Å². The summed E-state index contributed by atoms with van der Waals surface area (Å²) in [5.41, 5.74) is 1.91. The highest BCUT2D eigenvalue weighted by atomic mass is 35.5. The van der Waals surface area contributed by atoms with Crippen LogP contribution in [0.2, 0.25) is 5.02 Å². The summed E-state index contributed by atoms with van der Waals surface area (Å²) in [5, 5.41) is 6.36. The molecule has 2 heterocycles. The molecule has 0 saturated heterocycles. The second-order valence-electron chi connectivity index (χ2n) is 6.50. The monoisotopic (exact) mass is 384 g/mol. The molecule has 0 aliphatic rings. The summed E-state index contributed by atoms with van der Waals surface area (Å²) < 4.78 is 1.63. The van der Waals surface area contributed by atoms with Gasteiger partial charge in [0.2, 0.25) is 5.82 Å². The Kier molecular flexibility index (Phi) is 5.76. The van der Waals surface area contributed by atoms with Gasteiger partial charge in [0.25, 0.3) is 11.8 Å². The van der Waals surface area contributed by atoms with Crippen LogP contribution in [0.5, 0.6) is 0 Å². The molecule has 140 valence electrons. The lowest BCUT2D eigenvalue weighted by molar-refractivity contribution is 0.0932. The van der Waals surface area contributed by atoms with E-state index in [0.717, 1.165) is 5.56 Å². The molecule has 3 rings (SSSR count). The van der Waals surface area contributed by atoms with Crippen LogP contribution in [0.4, 0.5) is 0 Å². The van der Waals surface area contributed by atoms with Crippen molar-refractivity contribution in [2.24, 2.45) is 0 Å². The maximum atomic E-state index is 12.6. The molecule has 0 spiro atoms. The number of carbonyl (C=O) groups excluding carboxylic acids is 2. The molecular formula is C20H21ClN4O2. The zero-order chi connectivity index (χ0) is 19.4. The number of aromatic nitrogens is 2. The highest BCUT2D eigenvalue weighted by molar-refractivity contribution is 6.30. The van der Waals surface area contributed by atoms with Gasteiger partial charge in [0, 0.05) is 23.8 Å². The molecule has 1 aromatic carbocycles. The molecule has 7 heteroatoms. The zero-order valence-electron chi connectivity index (χ0n) is 15.2. The molecule has 3 aromatic rings. The Labute approximate surface area is 162 Å². The average molecular weight is 385 g/mol. The van der Waals surface area contributed by atoms with Crippen LogP contribution < -0.4 is 10.6 Å². The highest BCUT2D eigenvalue weighted by Gasteiger charge is 2.21. The lowest BCUT2D eigenvalue weighted by Gasteiger charge is -2.06. The lowest BCUT2D eigenvalue weighted by atomic mass is 10.1. The molecule has 6 nitrogen and oxygen atoms in total. The Balaban J connectivity index is 1.76. The van der Waals surface area contributed by atoms with Gasteiger partial charge in [0.1, 0.15) is 0 Å². The van der Waals surface area contributed by atoms with E-state index in [9.17, 15) is 9.59 Å². The fourth-order valence-electron chi connectivity index (χ4n) is 2.75. The number of rotatable bonds is 6. The molecule has 27 heavy (non-hydrogen) atoms. The van der Waals surface area contributed by atoms with Gasteiger partial charge in [-0.25, -0.2) is 4.98 Å². The van der Waals surface area contributed by atoms with E-state index in [1.54, 1.807) is 22.7 Å². The number of nitrogens with one attached hydrogen (secondary N) is 2. The number of pyridine rings is 1. The van der Waals surface area contributed by atoms with Gasteiger partial charge in [0.05, 0.1) is 5.52 Å². The molecule has 0 aliphatic heterocycles. The number of hydrogen-bond donors (Lipinski definition) is 2. The second-order valence-corrected chi connectivity index (χ2v) is 6.94. The number of fused-ring (bicyclic) bond motifs is 1. The normalized spacial score (nSPS) is 11.0. The van der Waals surface area contributed by atoms with Gasteiger partial charge < -0.3 is 10.6 Å². The molecule has 0 aliphatic carbocycles. The first kappa shape index (κ1) is 18.9. The van der Waals surface area contributed by atoms with E-state index >= 15 is 0 Å². The van der Waals surface area contributed by atoms with Crippen LogP contribution in [-0.2, 0) is 6.42 Å². The van der Waals surface area contributed by atoms with E-state index in [4.69, 9.17) is 11.6 Å². The quantitative estimate of drug-likeness (QED) is 0.685. The molecule has 2 aromatic heterocycles. The van der Waals surface area contributed by atoms with E-state index in [2.05, 4.69) is 15.6 Å². The topological polar surface area (TPSA) is 75.5 Å². The predicted molar refractivity (Wildman–Crippen MR) is 105 cm³/mol. The number of hydrogen-bond acceptors (Lipinski definition) is 3. The van der Waals surface area contributed by atoms with Crippen molar-refractivity contribution in [3.05, 3.63) is 70.8 Å². The van der Waals surface area contributed by atoms with Crippen molar-refractivity contribution in [2.75, 3.05) is 6.54 Å². The molecule has 2 amide bonds. The summed E-state index contributed by atoms with van der Waals surface area (Å²) in [4.78, 5) is 29.3. The van der Waals surface area contributed by atoms with Crippen LogP contribution in [-0.4, -0.2) is 33.8 Å². The van der Waals surface area contributed by atoms with Crippen LogP contribution in [0.3, 0.4) is 0 Å². The van der Waals surface area contributed by atoms with Gasteiger partial charge in [-0.15, -0.1) is 0 Å². The largest absolute Gasteiger partial charge is 0.350 e. The minimum atomic E-state index is -0.314. The summed E-state index contributed by atoms with van der Waals surface area (Å²) in [7, 11) is 0. The van der Waals surface area contributed by atoms with Crippen molar-refractivity contribution in [2.45, 2.75) is 26.3 Å². The first-order valence-corrected chi connectivity index (χ1v) is 9.14. The Hall–Kier alpha value is -2.86. The molecule has 0 unspecified atom stereocenters. The maximum absolute atomic E-state index is 12.6. The zero-order valence-corrected chi connectivity index (χ0v) is 16.0. The molecule has 0 radical (unpaired) electrons. The van der Waals surface area contributed by atoms with Crippen molar-refractivity contribution in [3.63, 3.8) is 0 Å². The summed E-state index contributed by atoms with van der Waals surface area (Å²) in [6, 6.07) is 12.8. The van der Waals surface area contributed by atoms with Gasteiger partial charge in [-0.3, -0.25) is 14.0 Å². The number of amides is 2. The van der Waals surface area contributed by atoms with E-state index in [1.807, 2.05) is 44.2 Å². The van der Waals surface area contributed by atoms with Crippen LogP contribution in [0, 0.1) is 0 Å². The maximum Gasteiger partial charge on any atom is 0.287 e. The smallest absolute Gasteiger partial charge is 0.287 e. The Morgan fingerprint density at radius 1 is 1.11 bits per heavy atom. The Morgan fingerprint density at radius 3 is 2.56 bits per heavy atom. The first-order valence-electron chi connectivity index (χ1n) is 8.76. The van der Waals surface area contributed by atoms with Crippen molar-refractivity contribution >= 4 is 28.9 Å². The average Bonchev–Trinajstić information content (AvgIpc) is 3.03. The number of halogens is 1. The van der Waals surface area contributed by atoms with Crippen LogP contribution in [0.25, 0.3) is 5.52 Å². The van der Waals surface area contributed by atoms with E-state index in [1.165, 1.54) is 0 Å². The highest BCUT2D eigenvalue weighted by Crippen LogP contribution is 2.14. The standard InChI is InChI=1S/C20H21ClN4O2/c1-13(2)23-20(27)18-24-17(16-5-3-4-12-25(16)18)19(26)22-11-10-14-6-8-15(21)9-7-14/h3-9,12-13H,10-11H2,1-2H3,(H,22,26)(H,23,27).